The number of thioether (sulfide) groups is 1. The van der Waals surface area contributed by atoms with Gasteiger partial charge in [-0.15, -0.1) is 11.8 Å². The van der Waals surface area contributed by atoms with Gasteiger partial charge in [-0.1, -0.05) is 23.7 Å². The number of pyridine rings is 1. The van der Waals surface area contributed by atoms with Crippen LogP contribution in [0.3, 0.4) is 0 Å². The van der Waals surface area contributed by atoms with E-state index in [9.17, 15) is 4.79 Å². The highest BCUT2D eigenvalue weighted by Gasteiger charge is 2.05. The van der Waals surface area contributed by atoms with Crippen molar-refractivity contribution in [2.75, 3.05) is 0 Å². The zero-order valence-corrected chi connectivity index (χ0v) is 15.1. The summed E-state index contributed by atoms with van der Waals surface area (Å²) in [6, 6.07) is 19.3. The molecule has 2 aromatic carbocycles. The average molecular weight is 369 g/mol. The molecule has 0 radical (unpaired) electrons. The molecule has 1 heterocycles. The quantitative estimate of drug-likeness (QED) is 0.625. The maximum atomic E-state index is 12.2. The summed E-state index contributed by atoms with van der Waals surface area (Å²) in [4.78, 5) is 17.3. The Morgan fingerprint density at radius 2 is 1.60 bits per heavy atom. The molecule has 0 unspecified atom stereocenters. The van der Waals surface area contributed by atoms with Gasteiger partial charge in [-0.2, -0.15) is 0 Å². The van der Waals surface area contributed by atoms with Crippen LogP contribution in [-0.2, 0) is 12.3 Å². The molecule has 3 rings (SSSR count). The van der Waals surface area contributed by atoms with Gasteiger partial charge in [-0.25, -0.2) is 0 Å². The smallest absolute Gasteiger partial charge is 0.251 e. The van der Waals surface area contributed by atoms with Crippen LogP contribution in [0, 0.1) is 0 Å². The van der Waals surface area contributed by atoms with E-state index in [2.05, 4.69) is 10.3 Å². The summed E-state index contributed by atoms with van der Waals surface area (Å²) in [5.74, 6) is 0.773. The molecule has 0 fully saturated rings. The average Bonchev–Trinajstić information content (AvgIpc) is 2.67. The van der Waals surface area contributed by atoms with Crippen LogP contribution in [-0.4, -0.2) is 10.9 Å². The number of nitrogens with zero attached hydrogens (tertiary/aromatic N) is 1. The van der Waals surface area contributed by atoms with Crippen molar-refractivity contribution >= 4 is 29.3 Å². The summed E-state index contributed by atoms with van der Waals surface area (Å²) in [6.45, 7) is 0.496. The van der Waals surface area contributed by atoms with Gasteiger partial charge in [-0.3, -0.25) is 9.78 Å². The van der Waals surface area contributed by atoms with Crippen LogP contribution in [0.15, 0.2) is 78.0 Å². The summed E-state index contributed by atoms with van der Waals surface area (Å²) in [5.41, 5.74) is 2.86. The lowest BCUT2D eigenvalue weighted by Gasteiger charge is -2.07. The number of hydrogen-bond donors (Lipinski definition) is 1. The van der Waals surface area contributed by atoms with Crippen LogP contribution >= 0.6 is 23.4 Å². The summed E-state index contributed by atoms with van der Waals surface area (Å²) in [5, 5.41) is 3.66. The fourth-order valence-corrected chi connectivity index (χ4v) is 3.22. The minimum atomic E-state index is -0.0753. The molecule has 3 aromatic rings. The Hall–Kier alpha value is -2.30. The van der Waals surface area contributed by atoms with E-state index in [0.29, 0.717) is 12.1 Å². The fourth-order valence-electron chi connectivity index (χ4n) is 2.23. The van der Waals surface area contributed by atoms with Crippen LogP contribution in [0.5, 0.6) is 0 Å². The van der Waals surface area contributed by atoms with Gasteiger partial charge in [0.25, 0.3) is 5.91 Å². The van der Waals surface area contributed by atoms with Gasteiger partial charge < -0.3 is 5.32 Å². The first-order chi connectivity index (χ1) is 12.2. The number of amides is 1. The molecule has 5 heteroatoms. The maximum absolute atomic E-state index is 12.2. The Morgan fingerprint density at radius 3 is 2.28 bits per heavy atom. The van der Waals surface area contributed by atoms with E-state index in [1.54, 1.807) is 24.2 Å². The fraction of sp³-hybridized carbons (Fsp3) is 0.100. The Balaban J connectivity index is 1.52. The van der Waals surface area contributed by atoms with Crippen molar-refractivity contribution in [2.45, 2.75) is 17.2 Å². The van der Waals surface area contributed by atoms with Crippen LogP contribution in [0.25, 0.3) is 0 Å². The lowest BCUT2D eigenvalue weighted by Crippen LogP contribution is -2.22. The predicted octanol–water partition coefficient (Wildman–Crippen LogP) is 4.96. The van der Waals surface area contributed by atoms with Gasteiger partial charge in [0.15, 0.2) is 0 Å². The molecule has 0 aliphatic rings. The van der Waals surface area contributed by atoms with Crippen LogP contribution in [0.4, 0.5) is 0 Å². The molecule has 3 nitrogen and oxygen atoms in total. The lowest BCUT2D eigenvalue weighted by molar-refractivity contribution is 0.0951. The molecule has 1 N–H and O–H groups in total. The summed E-state index contributed by atoms with van der Waals surface area (Å²) in [6.07, 6.45) is 3.43. The van der Waals surface area contributed by atoms with Gasteiger partial charge >= 0.3 is 0 Å². The number of rotatable bonds is 6. The van der Waals surface area contributed by atoms with Gasteiger partial charge in [-0.05, 0) is 59.7 Å². The largest absolute Gasteiger partial charge is 0.348 e. The second-order valence-electron chi connectivity index (χ2n) is 5.48. The van der Waals surface area contributed by atoms with Crippen molar-refractivity contribution in [3.05, 3.63) is 94.8 Å². The molecule has 0 bridgehead atoms. The minimum absolute atomic E-state index is 0.0753. The van der Waals surface area contributed by atoms with Crippen LogP contribution in [0.2, 0.25) is 5.02 Å². The standard InChI is InChI=1S/C20H17ClN2OS/c21-18-5-7-19(8-6-18)25-14-16-1-3-17(4-2-16)20(24)23-13-15-9-11-22-12-10-15/h1-12H,13-14H2,(H,23,24). The molecular weight excluding hydrogens is 352 g/mol. The van der Waals surface area contributed by atoms with E-state index in [1.807, 2.05) is 60.7 Å². The van der Waals surface area contributed by atoms with E-state index >= 15 is 0 Å². The van der Waals surface area contributed by atoms with Gasteiger partial charge in [0.1, 0.15) is 0 Å². The second kappa shape index (κ2) is 8.70. The third-order valence-corrected chi connectivity index (χ3v) is 4.97. The SMILES string of the molecule is O=C(NCc1ccncc1)c1ccc(CSc2ccc(Cl)cc2)cc1. The molecule has 0 saturated heterocycles. The number of halogens is 1. The Morgan fingerprint density at radius 1 is 0.920 bits per heavy atom. The Labute approximate surface area is 156 Å². The first kappa shape index (κ1) is 17.5. The molecule has 1 amide bonds. The van der Waals surface area contributed by atoms with E-state index in [1.165, 1.54) is 10.5 Å². The number of carbonyl (C=O) groups excluding carboxylic acids is 1. The third-order valence-electron chi connectivity index (χ3n) is 3.64. The molecule has 0 saturated carbocycles. The lowest BCUT2D eigenvalue weighted by atomic mass is 10.1. The zero-order chi connectivity index (χ0) is 17.5. The first-order valence-electron chi connectivity index (χ1n) is 7.85. The Bertz CT molecular complexity index is 821. The molecule has 126 valence electrons. The highest BCUT2D eigenvalue weighted by Crippen LogP contribution is 2.24. The third kappa shape index (κ3) is 5.34. The molecular formula is C20H17ClN2OS. The topological polar surface area (TPSA) is 42.0 Å². The minimum Gasteiger partial charge on any atom is -0.348 e. The number of hydrogen-bond acceptors (Lipinski definition) is 3. The number of aromatic nitrogens is 1. The Kier molecular flexibility index (Phi) is 6.09. The molecule has 0 spiro atoms. The van der Waals surface area contributed by atoms with E-state index < -0.39 is 0 Å². The monoisotopic (exact) mass is 368 g/mol. The first-order valence-corrected chi connectivity index (χ1v) is 9.21. The number of carbonyl (C=O) groups is 1. The molecule has 1 aromatic heterocycles. The van der Waals surface area contributed by atoms with E-state index in [-0.39, 0.29) is 5.91 Å². The van der Waals surface area contributed by atoms with Crippen molar-refractivity contribution in [1.29, 1.82) is 0 Å². The van der Waals surface area contributed by atoms with Crippen LogP contribution in [0.1, 0.15) is 21.5 Å². The van der Waals surface area contributed by atoms with Gasteiger partial charge in [0.05, 0.1) is 0 Å². The van der Waals surface area contributed by atoms with E-state index in [4.69, 9.17) is 11.6 Å². The molecule has 25 heavy (non-hydrogen) atoms. The van der Waals surface area contributed by atoms with Crippen molar-refractivity contribution in [1.82, 2.24) is 10.3 Å². The number of nitrogens with one attached hydrogen (secondary N) is 1. The zero-order valence-electron chi connectivity index (χ0n) is 13.5. The van der Waals surface area contributed by atoms with E-state index in [0.717, 1.165) is 16.3 Å². The van der Waals surface area contributed by atoms with Crippen molar-refractivity contribution in [3.8, 4) is 0 Å². The van der Waals surface area contributed by atoms with Crippen molar-refractivity contribution < 1.29 is 4.79 Å². The highest BCUT2D eigenvalue weighted by atomic mass is 35.5. The van der Waals surface area contributed by atoms with Gasteiger partial charge in [0, 0.05) is 40.2 Å². The summed E-state index contributed by atoms with van der Waals surface area (Å²) in [7, 11) is 0. The van der Waals surface area contributed by atoms with Gasteiger partial charge in [0.2, 0.25) is 0 Å². The van der Waals surface area contributed by atoms with Crippen molar-refractivity contribution in [2.24, 2.45) is 0 Å². The molecule has 0 aliphatic carbocycles. The number of benzene rings is 2. The second-order valence-corrected chi connectivity index (χ2v) is 6.96. The van der Waals surface area contributed by atoms with Crippen molar-refractivity contribution in [3.63, 3.8) is 0 Å². The summed E-state index contributed by atoms with van der Waals surface area (Å²) >= 11 is 7.63. The highest BCUT2D eigenvalue weighted by molar-refractivity contribution is 7.98. The molecule has 0 aliphatic heterocycles. The maximum Gasteiger partial charge on any atom is 0.251 e. The predicted molar refractivity (Wildman–Crippen MR) is 103 cm³/mol. The summed E-state index contributed by atoms with van der Waals surface area (Å²) < 4.78 is 0. The molecule has 0 atom stereocenters. The normalized spacial score (nSPS) is 10.4. The van der Waals surface area contributed by atoms with Crippen LogP contribution < -0.4 is 5.32 Å².